The van der Waals surface area contributed by atoms with E-state index in [1.54, 1.807) is 20.1 Å². The molecule has 1 aromatic heterocycles. The number of hydrogen-bond acceptors (Lipinski definition) is 4. The molecule has 1 aromatic carbocycles. The van der Waals surface area contributed by atoms with E-state index in [9.17, 15) is 4.79 Å². The summed E-state index contributed by atoms with van der Waals surface area (Å²) in [4.78, 5) is 15.8. The first-order valence-corrected chi connectivity index (χ1v) is 6.65. The number of aromatic nitrogens is 1. The van der Waals surface area contributed by atoms with Crippen LogP contribution in [-0.2, 0) is 4.79 Å². The van der Waals surface area contributed by atoms with E-state index < -0.39 is 0 Å². The number of nitrogens with zero attached hydrogens (tertiary/aromatic N) is 1. The molecule has 1 heterocycles. The lowest BCUT2D eigenvalue weighted by Crippen LogP contribution is -2.07. The van der Waals surface area contributed by atoms with Gasteiger partial charge in [-0.2, -0.15) is 0 Å². The van der Waals surface area contributed by atoms with E-state index in [0.29, 0.717) is 5.13 Å². The van der Waals surface area contributed by atoms with Gasteiger partial charge in [0.1, 0.15) is 5.75 Å². The molecule has 0 aliphatic rings. The van der Waals surface area contributed by atoms with Gasteiger partial charge in [0.2, 0.25) is 5.91 Å². The first kappa shape index (κ1) is 13.3. The molecule has 0 saturated heterocycles. The second-order valence-electron chi connectivity index (χ2n) is 3.73. The van der Waals surface area contributed by atoms with Crippen molar-refractivity contribution >= 4 is 22.4 Å². The number of anilines is 1. The Labute approximate surface area is 115 Å². The topological polar surface area (TPSA) is 51.2 Å². The van der Waals surface area contributed by atoms with E-state index in [-0.39, 0.29) is 5.91 Å². The minimum atomic E-state index is -0.177. The summed E-state index contributed by atoms with van der Waals surface area (Å²) < 4.78 is 5.29. The summed E-state index contributed by atoms with van der Waals surface area (Å²) in [6, 6.07) is 7.65. The van der Waals surface area contributed by atoms with Crippen molar-refractivity contribution in [2.75, 3.05) is 12.4 Å². The second-order valence-corrected chi connectivity index (χ2v) is 4.59. The number of ether oxygens (including phenoxy) is 1. The van der Waals surface area contributed by atoms with Gasteiger partial charge in [0.25, 0.3) is 0 Å². The fourth-order valence-electron chi connectivity index (χ4n) is 1.61. The number of benzene rings is 1. The third-order valence-corrected chi connectivity index (χ3v) is 3.19. The molecule has 0 aliphatic heterocycles. The van der Waals surface area contributed by atoms with E-state index in [1.807, 2.05) is 29.6 Å². The Hall–Kier alpha value is -2.14. The Bertz CT molecular complexity index is 605. The van der Waals surface area contributed by atoms with Crippen molar-refractivity contribution in [2.45, 2.75) is 6.92 Å². The summed E-state index contributed by atoms with van der Waals surface area (Å²) in [6.07, 6.45) is 3.15. The highest BCUT2D eigenvalue weighted by molar-refractivity contribution is 7.14. The van der Waals surface area contributed by atoms with Gasteiger partial charge in [-0.15, -0.1) is 11.3 Å². The minimum Gasteiger partial charge on any atom is -0.496 e. The summed E-state index contributed by atoms with van der Waals surface area (Å²) in [5.74, 6) is 0.586. The van der Waals surface area contributed by atoms with Gasteiger partial charge in [-0.1, -0.05) is 18.2 Å². The van der Waals surface area contributed by atoms with Crippen LogP contribution in [0.5, 0.6) is 5.75 Å². The van der Waals surface area contributed by atoms with E-state index in [0.717, 1.165) is 17.0 Å². The molecule has 4 nitrogen and oxygen atoms in total. The number of nitrogens with one attached hydrogen (secondary N) is 1. The van der Waals surface area contributed by atoms with Crippen LogP contribution in [0.3, 0.4) is 0 Å². The smallest absolute Gasteiger partial charge is 0.249 e. The zero-order valence-electron chi connectivity index (χ0n) is 10.7. The molecule has 0 fully saturated rings. The molecule has 0 atom stereocenters. The van der Waals surface area contributed by atoms with Crippen LogP contribution in [0, 0.1) is 0 Å². The van der Waals surface area contributed by atoms with Gasteiger partial charge >= 0.3 is 0 Å². The number of rotatable bonds is 4. The summed E-state index contributed by atoms with van der Waals surface area (Å²) >= 11 is 1.39. The fraction of sp³-hybridized carbons (Fsp3) is 0.143. The number of carbonyl (C=O) groups is 1. The maximum atomic E-state index is 11.4. The number of carbonyl (C=O) groups excluding carboxylic acids is 1. The molecule has 0 bridgehead atoms. The molecule has 0 unspecified atom stereocenters. The monoisotopic (exact) mass is 274 g/mol. The fourth-order valence-corrected chi connectivity index (χ4v) is 2.32. The molecule has 0 spiro atoms. The van der Waals surface area contributed by atoms with Crippen LogP contribution in [0.4, 0.5) is 5.13 Å². The predicted molar refractivity (Wildman–Crippen MR) is 77.5 cm³/mol. The van der Waals surface area contributed by atoms with Gasteiger partial charge in [0.15, 0.2) is 5.13 Å². The molecular formula is C14H14N2O2S. The molecule has 1 amide bonds. The first-order valence-electron chi connectivity index (χ1n) is 5.77. The van der Waals surface area contributed by atoms with E-state index in [2.05, 4.69) is 10.3 Å². The van der Waals surface area contributed by atoms with Gasteiger partial charge in [-0.05, 0) is 25.1 Å². The van der Waals surface area contributed by atoms with E-state index >= 15 is 0 Å². The number of hydrogen-bond donors (Lipinski definition) is 1. The predicted octanol–water partition coefficient (Wildman–Crippen LogP) is 3.33. The standard InChI is InChI=1S/C14H14N2O2S/c1-3-6-13(17)16-14-15-11(9-19-14)10-7-4-5-8-12(10)18-2/h3-9H,1-2H3,(H,15,16,17)/b6-3+. The third-order valence-electron chi connectivity index (χ3n) is 2.44. The van der Waals surface area contributed by atoms with Gasteiger partial charge in [-0.3, -0.25) is 10.1 Å². The summed E-state index contributed by atoms with van der Waals surface area (Å²) in [6.45, 7) is 1.79. The Balaban J connectivity index is 2.23. The number of thiazole rings is 1. The molecule has 1 N–H and O–H groups in total. The zero-order chi connectivity index (χ0) is 13.7. The largest absolute Gasteiger partial charge is 0.496 e. The lowest BCUT2D eigenvalue weighted by Gasteiger charge is -2.04. The van der Waals surface area contributed by atoms with Crippen LogP contribution >= 0.6 is 11.3 Å². The molecule has 19 heavy (non-hydrogen) atoms. The van der Waals surface area contributed by atoms with Crippen molar-refractivity contribution in [1.82, 2.24) is 4.98 Å². The summed E-state index contributed by atoms with van der Waals surface area (Å²) in [7, 11) is 1.62. The average molecular weight is 274 g/mol. The van der Waals surface area contributed by atoms with Crippen LogP contribution in [0.15, 0.2) is 41.8 Å². The molecule has 2 rings (SSSR count). The zero-order valence-corrected chi connectivity index (χ0v) is 11.5. The first-order chi connectivity index (χ1) is 9.24. The van der Waals surface area contributed by atoms with Crippen LogP contribution in [-0.4, -0.2) is 18.0 Å². The van der Waals surface area contributed by atoms with Crippen LogP contribution < -0.4 is 10.1 Å². The van der Waals surface area contributed by atoms with Crippen LogP contribution in [0.1, 0.15) is 6.92 Å². The SMILES string of the molecule is C/C=C/C(=O)Nc1nc(-c2ccccc2OC)cs1. The van der Waals surface area contributed by atoms with Crippen molar-refractivity contribution in [3.05, 3.63) is 41.8 Å². The molecule has 5 heteroatoms. The Morgan fingerprint density at radius 1 is 1.42 bits per heavy atom. The Morgan fingerprint density at radius 2 is 2.21 bits per heavy atom. The lowest BCUT2D eigenvalue weighted by atomic mass is 10.1. The maximum absolute atomic E-state index is 11.4. The highest BCUT2D eigenvalue weighted by Crippen LogP contribution is 2.31. The molecular weight excluding hydrogens is 260 g/mol. The van der Waals surface area contributed by atoms with E-state index in [4.69, 9.17) is 4.74 Å². The van der Waals surface area contributed by atoms with Crippen molar-refractivity contribution in [1.29, 1.82) is 0 Å². The van der Waals surface area contributed by atoms with Crippen molar-refractivity contribution < 1.29 is 9.53 Å². The Kier molecular flexibility index (Phi) is 4.30. The van der Waals surface area contributed by atoms with Crippen molar-refractivity contribution in [3.8, 4) is 17.0 Å². The van der Waals surface area contributed by atoms with Crippen molar-refractivity contribution in [3.63, 3.8) is 0 Å². The molecule has 0 saturated carbocycles. The maximum Gasteiger partial charge on any atom is 0.249 e. The number of methoxy groups -OCH3 is 1. The molecule has 2 aromatic rings. The highest BCUT2D eigenvalue weighted by atomic mass is 32.1. The quantitative estimate of drug-likeness (QED) is 0.870. The average Bonchev–Trinajstić information content (AvgIpc) is 2.87. The lowest BCUT2D eigenvalue weighted by molar-refractivity contribution is -0.111. The van der Waals surface area contributed by atoms with Gasteiger partial charge < -0.3 is 4.74 Å². The second kappa shape index (κ2) is 6.15. The van der Waals surface area contributed by atoms with Crippen molar-refractivity contribution in [2.24, 2.45) is 0 Å². The normalized spacial score (nSPS) is 10.6. The van der Waals surface area contributed by atoms with E-state index in [1.165, 1.54) is 17.4 Å². The van der Waals surface area contributed by atoms with Crippen LogP contribution in [0.2, 0.25) is 0 Å². The summed E-state index contributed by atoms with van der Waals surface area (Å²) in [5.41, 5.74) is 1.70. The molecule has 0 radical (unpaired) electrons. The molecule has 0 aliphatic carbocycles. The van der Waals surface area contributed by atoms with Gasteiger partial charge in [0.05, 0.1) is 12.8 Å². The van der Waals surface area contributed by atoms with Gasteiger partial charge in [0, 0.05) is 10.9 Å². The molecule has 98 valence electrons. The number of para-hydroxylation sites is 1. The van der Waals surface area contributed by atoms with Gasteiger partial charge in [-0.25, -0.2) is 4.98 Å². The Morgan fingerprint density at radius 3 is 2.95 bits per heavy atom. The number of allylic oxidation sites excluding steroid dienone is 1. The highest BCUT2D eigenvalue weighted by Gasteiger charge is 2.10. The number of amides is 1. The summed E-state index contributed by atoms with van der Waals surface area (Å²) in [5, 5.41) is 5.18. The minimum absolute atomic E-state index is 0.177. The van der Waals surface area contributed by atoms with Crippen LogP contribution in [0.25, 0.3) is 11.3 Å². The third kappa shape index (κ3) is 3.20.